The standard InChI is InChI=1S/C25H28N4O3S2/c1-5-28(6-2)34(31,32)21-12-17(3)18(4)22(14-21)26-24(30)13-20-16-33-25-27-23(15-29(20)25)19-10-8-7-9-11-19/h7-12,14-16H,5-6,13H2,1-4H3,(H,26,30). The van der Waals surface area contributed by atoms with E-state index in [4.69, 9.17) is 0 Å². The number of nitrogens with zero attached hydrogens (tertiary/aromatic N) is 3. The van der Waals surface area contributed by atoms with Crippen LogP contribution < -0.4 is 5.32 Å². The van der Waals surface area contributed by atoms with Crippen LogP contribution in [0.1, 0.15) is 30.7 Å². The number of hydrogen-bond donors (Lipinski definition) is 1. The van der Waals surface area contributed by atoms with Crippen molar-refractivity contribution in [2.75, 3.05) is 18.4 Å². The minimum atomic E-state index is -3.63. The summed E-state index contributed by atoms with van der Waals surface area (Å²) >= 11 is 1.48. The van der Waals surface area contributed by atoms with E-state index >= 15 is 0 Å². The third kappa shape index (κ3) is 4.64. The van der Waals surface area contributed by atoms with Crippen molar-refractivity contribution in [2.45, 2.75) is 39.0 Å². The van der Waals surface area contributed by atoms with Gasteiger partial charge < -0.3 is 5.32 Å². The van der Waals surface area contributed by atoms with E-state index in [1.807, 2.05) is 74.0 Å². The topological polar surface area (TPSA) is 83.8 Å². The van der Waals surface area contributed by atoms with Crippen LogP contribution >= 0.6 is 11.3 Å². The number of aromatic nitrogens is 2. The largest absolute Gasteiger partial charge is 0.325 e. The van der Waals surface area contributed by atoms with Crippen molar-refractivity contribution in [1.82, 2.24) is 13.7 Å². The fourth-order valence-corrected chi connectivity index (χ4v) is 6.32. The molecule has 0 aliphatic rings. The van der Waals surface area contributed by atoms with Gasteiger partial charge in [0.2, 0.25) is 15.9 Å². The zero-order valence-corrected chi connectivity index (χ0v) is 21.3. The minimum absolute atomic E-state index is 0.149. The molecule has 178 valence electrons. The second kappa shape index (κ2) is 9.69. The molecule has 7 nitrogen and oxygen atoms in total. The van der Waals surface area contributed by atoms with Gasteiger partial charge in [-0.15, -0.1) is 11.3 Å². The van der Waals surface area contributed by atoms with E-state index in [0.29, 0.717) is 18.8 Å². The molecular formula is C25H28N4O3S2. The van der Waals surface area contributed by atoms with Crippen molar-refractivity contribution >= 4 is 37.9 Å². The van der Waals surface area contributed by atoms with Gasteiger partial charge in [0.05, 0.1) is 17.0 Å². The van der Waals surface area contributed by atoms with Gasteiger partial charge in [-0.3, -0.25) is 9.20 Å². The van der Waals surface area contributed by atoms with Crippen molar-refractivity contribution in [1.29, 1.82) is 0 Å². The van der Waals surface area contributed by atoms with E-state index in [1.165, 1.54) is 15.6 Å². The van der Waals surface area contributed by atoms with Crippen LogP contribution in [0.3, 0.4) is 0 Å². The van der Waals surface area contributed by atoms with Gasteiger partial charge in [-0.05, 0) is 37.1 Å². The van der Waals surface area contributed by atoms with Crippen LogP contribution in [0.15, 0.2) is 58.9 Å². The third-order valence-corrected chi connectivity index (χ3v) is 8.87. The maximum atomic E-state index is 13.0. The van der Waals surface area contributed by atoms with Crippen molar-refractivity contribution in [3.8, 4) is 11.3 Å². The van der Waals surface area contributed by atoms with Gasteiger partial charge >= 0.3 is 0 Å². The van der Waals surface area contributed by atoms with Gasteiger partial charge in [0, 0.05) is 41.6 Å². The van der Waals surface area contributed by atoms with E-state index in [9.17, 15) is 13.2 Å². The second-order valence-electron chi connectivity index (χ2n) is 8.10. The number of thiazole rings is 1. The lowest BCUT2D eigenvalue weighted by molar-refractivity contribution is -0.115. The molecule has 0 fully saturated rings. The lowest BCUT2D eigenvalue weighted by atomic mass is 10.1. The van der Waals surface area contributed by atoms with Crippen LogP contribution in [0.5, 0.6) is 0 Å². The summed E-state index contributed by atoms with van der Waals surface area (Å²) in [5, 5.41) is 4.86. The number of imidazole rings is 1. The zero-order chi connectivity index (χ0) is 24.5. The first-order valence-electron chi connectivity index (χ1n) is 11.2. The highest BCUT2D eigenvalue weighted by Crippen LogP contribution is 2.27. The van der Waals surface area contributed by atoms with Gasteiger partial charge in [0.25, 0.3) is 0 Å². The summed E-state index contributed by atoms with van der Waals surface area (Å²) in [6.45, 7) is 8.13. The summed E-state index contributed by atoms with van der Waals surface area (Å²) in [6, 6.07) is 13.1. The highest BCUT2D eigenvalue weighted by molar-refractivity contribution is 7.89. The first-order valence-corrected chi connectivity index (χ1v) is 13.5. The molecule has 1 amide bonds. The number of amides is 1. The number of carbonyl (C=O) groups is 1. The number of nitrogens with one attached hydrogen (secondary N) is 1. The fraction of sp³-hybridized carbons (Fsp3) is 0.280. The van der Waals surface area contributed by atoms with Crippen LogP contribution in [-0.4, -0.2) is 41.1 Å². The zero-order valence-electron chi connectivity index (χ0n) is 19.7. The Morgan fingerprint density at radius 3 is 2.50 bits per heavy atom. The summed E-state index contributed by atoms with van der Waals surface area (Å²) in [6.07, 6.45) is 2.09. The van der Waals surface area contributed by atoms with Crippen molar-refractivity contribution in [3.63, 3.8) is 0 Å². The number of benzene rings is 2. The fourth-order valence-electron chi connectivity index (χ4n) is 3.88. The molecule has 2 aromatic heterocycles. The molecule has 0 unspecified atom stereocenters. The first kappa shape index (κ1) is 24.1. The Hall–Kier alpha value is -3.01. The number of sulfonamides is 1. The molecule has 4 aromatic rings. The maximum absolute atomic E-state index is 13.0. The molecule has 0 atom stereocenters. The molecule has 4 rings (SSSR count). The van der Waals surface area contributed by atoms with Crippen LogP contribution in [0.4, 0.5) is 5.69 Å². The smallest absolute Gasteiger partial charge is 0.243 e. The number of anilines is 1. The quantitative estimate of drug-likeness (QED) is 0.376. The van der Waals surface area contributed by atoms with Gasteiger partial charge in [-0.1, -0.05) is 44.2 Å². The predicted molar refractivity (Wildman–Crippen MR) is 137 cm³/mol. The Balaban J connectivity index is 1.58. The maximum Gasteiger partial charge on any atom is 0.243 e. The van der Waals surface area contributed by atoms with Crippen molar-refractivity contribution < 1.29 is 13.2 Å². The Morgan fingerprint density at radius 2 is 1.82 bits per heavy atom. The molecule has 0 saturated carbocycles. The van der Waals surface area contributed by atoms with Gasteiger partial charge in [-0.2, -0.15) is 4.31 Å². The van der Waals surface area contributed by atoms with Crippen LogP contribution in [0.25, 0.3) is 16.2 Å². The average Bonchev–Trinajstić information content (AvgIpc) is 3.40. The normalized spacial score (nSPS) is 11.9. The molecule has 0 bridgehead atoms. The number of hydrogen-bond acceptors (Lipinski definition) is 5. The summed E-state index contributed by atoms with van der Waals surface area (Å²) in [4.78, 5) is 18.7. The molecule has 2 aromatic carbocycles. The van der Waals surface area contributed by atoms with E-state index < -0.39 is 10.0 Å². The summed E-state index contributed by atoms with van der Waals surface area (Å²) in [5.41, 5.74) is 4.87. The summed E-state index contributed by atoms with van der Waals surface area (Å²) in [5.74, 6) is -0.213. The van der Waals surface area contributed by atoms with E-state index in [1.54, 1.807) is 12.1 Å². The molecule has 2 heterocycles. The predicted octanol–water partition coefficient (Wildman–Crippen LogP) is 4.89. The first-order chi connectivity index (χ1) is 16.2. The molecule has 0 aliphatic heterocycles. The van der Waals surface area contributed by atoms with Crippen LogP contribution in [0, 0.1) is 13.8 Å². The highest BCUT2D eigenvalue weighted by atomic mass is 32.2. The number of carbonyl (C=O) groups excluding carboxylic acids is 1. The Kier molecular flexibility index (Phi) is 6.88. The van der Waals surface area contributed by atoms with Gasteiger partial charge in [-0.25, -0.2) is 13.4 Å². The molecule has 9 heteroatoms. The Bertz CT molecular complexity index is 1440. The lowest BCUT2D eigenvalue weighted by Gasteiger charge is -2.20. The van der Waals surface area contributed by atoms with Crippen molar-refractivity contribution in [2.24, 2.45) is 0 Å². The molecule has 0 aliphatic carbocycles. The third-order valence-electron chi connectivity index (χ3n) is 5.95. The molecule has 0 spiro atoms. The van der Waals surface area contributed by atoms with Crippen LogP contribution in [0.2, 0.25) is 0 Å². The molecular weight excluding hydrogens is 468 g/mol. The van der Waals surface area contributed by atoms with E-state index in [0.717, 1.165) is 33.0 Å². The number of rotatable bonds is 8. The van der Waals surface area contributed by atoms with E-state index in [-0.39, 0.29) is 17.2 Å². The molecule has 34 heavy (non-hydrogen) atoms. The van der Waals surface area contributed by atoms with E-state index in [2.05, 4.69) is 10.3 Å². The Labute approximate surface area is 204 Å². The number of aryl methyl sites for hydroxylation is 1. The van der Waals surface area contributed by atoms with Gasteiger partial charge in [0.1, 0.15) is 0 Å². The van der Waals surface area contributed by atoms with Crippen LogP contribution in [-0.2, 0) is 21.2 Å². The second-order valence-corrected chi connectivity index (χ2v) is 10.9. The average molecular weight is 497 g/mol. The van der Waals surface area contributed by atoms with Crippen molar-refractivity contribution in [3.05, 3.63) is 70.9 Å². The molecule has 0 saturated heterocycles. The highest BCUT2D eigenvalue weighted by Gasteiger charge is 2.24. The number of fused-ring (bicyclic) bond motifs is 1. The molecule has 0 radical (unpaired) electrons. The lowest BCUT2D eigenvalue weighted by Crippen LogP contribution is -2.30. The minimum Gasteiger partial charge on any atom is -0.325 e. The summed E-state index contributed by atoms with van der Waals surface area (Å²) < 4.78 is 29.4. The van der Waals surface area contributed by atoms with Gasteiger partial charge in [0.15, 0.2) is 4.96 Å². The SMILES string of the molecule is CCN(CC)S(=O)(=O)c1cc(C)c(C)c(NC(=O)Cc2csc3nc(-c4ccccc4)cn23)c1. The molecule has 1 N–H and O–H groups in total. The monoisotopic (exact) mass is 496 g/mol. The summed E-state index contributed by atoms with van der Waals surface area (Å²) in [7, 11) is -3.63. The Morgan fingerprint density at radius 1 is 1.12 bits per heavy atom.